The van der Waals surface area contributed by atoms with Crippen molar-refractivity contribution in [3.8, 4) is 11.1 Å². The van der Waals surface area contributed by atoms with E-state index in [0.717, 1.165) is 60.8 Å². The van der Waals surface area contributed by atoms with E-state index in [1.807, 2.05) is 48.5 Å². The molecule has 8 heteroatoms. The number of carbonyl (C=O) groups excluding carboxylic acids is 2. The van der Waals surface area contributed by atoms with Crippen LogP contribution < -0.4 is 16.4 Å². The fraction of sp³-hybridized carbons (Fsp3) is 0.500. The minimum Gasteiger partial charge on any atom is -0.356 e. The highest BCUT2D eigenvalue weighted by atomic mass is 19.4. The van der Waals surface area contributed by atoms with Crippen molar-refractivity contribution in [1.29, 1.82) is 0 Å². The molecule has 2 unspecified atom stereocenters. The minimum atomic E-state index is -4.49. The topological polar surface area (TPSA) is 84.2 Å². The van der Waals surface area contributed by atoms with Crippen LogP contribution in [0, 0.1) is 5.92 Å². The number of hydrogen-bond acceptors (Lipinski definition) is 3. The van der Waals surface area contributed by atoms with Crippen LogP contribution in [0.5, 0.6) is 0 Å². The number of unbranched alkanes of at least 4 members (excludes halogenated alkanes) is 2. The third kappa shape index (κ3) is 5.59. The Hall–Kier alpha value is -2.87. The first kappa shape index (κ1) is 26.2. The Morgan fingerprint density at radius 1 is 0.917 bits per heavy atom. The first-order valence-corrected chi connectivity index (χ1v) is 12.8. The molecule has 0 aliphatic heterocycles. The Morgan fingerprint density at radius 3 is 2.17 bits per heavy atom. The minimum absolute atomic E-state index is 0.0270. The van der Waals surface area contributed by atoms with Crippen molar-refractivity contribution < 1.29 is 22.8 Å². The predicted octanol–water partition coefficient (Wildman–Crippen LogP) is 4.83. The quantitative estimate of drug-likeness (QED) is 0.431. The average Bonchev–Trinajstić information content (AvgIpc) is 3.15. The van der Waals surface area contributed by atoms with E-state index >= 15 is 0 Å². The smallest absolute Gasteiger partial charge is 0.356 e. The zero-order valence-electron chi connectivity index (χ0n) is 20.4. The Morgan fingerprint density at radius 2 is 1.56 bits per heavy atom. The molecule has 5 nitrogen and oxygen atoms in total. The first-order chi connectivity index (χ1) is 17.2. The van der Waals surface area contributed by atoms with Crippen molar-refractivity contribution in [2.24, 2.45) is 11.7 Å². The normalized spacial score (nSPS) is 20.3. The van der Waals surface area contributed by atoms with Crippen molar-refractivity contribution in [1.82, 2.24) is 10.6 Å². The van der Waals surface area contributed by atoms with Crippen LogP contribution in [0.25, 0.3) is 11.1 Å². The molecule has 2 atom stereocenters. The number of rotatable bonds is 9. The van der Waals surface area contributed by atoms with Crippen LogP contribution in [0.4, 0.5) is 13.2 Å². The van der Waals surface area contributed by atoms with Gasteiger partial charge in [-0.1, -0.05) is 67.8 Å². The Balaban J connectivity index is 1.43. The SMILES string of the molecule is NC1CCCC(C(=O)NCCCCCC2(C(=O)NCC(F)(F)F)c3ccccc3-c3ccccc32)C1. The van der Waals surface area contributed by atoms with Crippen LogP contribution in [0.2, 0.25) is 0 Å². The number of halogens is 3. The average molecular weight is 502 g/mol. The van der Waals surface area contributed by atoms with Gasteiger partial charge in [-0.3, -0.25) is 9.59 Å². The number of amides is 2. The van der Waals surface area contributed by atoms with Gasteiger partial charge in [0.25, 0.3) is 0 Å². The van der Waals surface area contributed by atoms with Gasteiger partial charge in [0.05, 0.1) is 0 Å². The number of hydrogen-bond donors (Lipinski definition) is 3. The van der Waals surface area contributed by atoms with Crippen molar-refractivity contribution in [2.75, 3.05) is 13.1 Å². The van der Waals surface area contributed by atoms with Gasteiger partial charge in [0.1, 0.15) is 12.0 Å². The van der Waals surface area contributed by atoms with Crippen molar-refractivity contribution in [3.63, 3.8) is 0 Å². The summed E-state index contributed by atoms with van der Waals surface area (Å²) >= 11 is 0. The monoisotopic (exact) mass is 501 g/mol. The van der Waals surface area contributed by atoms with Gasteiger partial charge in [-0.05, 0) is 54.4 Å². The zero-order valence-corrected chi connectivity index (χ0v) is 20.4. The number of nitrogens with two attached hydrogens (primary N) is 1. The number of nitrogens with one attached hydrogen (secondary N) is 2. The lowest BCUT2D eigenvalue weighted by atomic mass is 9.73. The van der Waals surface area contributed by atoms with Gasteiger partial charge in [0.2, 0.25) is 11.8 Å². The molecule has 1 saturated carbocycles. The van der Waals surface area contributed by atoms with E-state index in [-0.39, 0.29) is 17.9 Å². The molecule has 2 aliphatic carbocycles. The molecule has 2 aromatic carbocycles. The zero-order chi connectivity index (χ0) is 25.8. The molecule has 4 rings (SSSR count). The molecule has 0 spiro atoms. The lowest BCUT2D eigenvalue weighted by Gasteiger charge is -2.31. The second kappa shape index (κ2) is 11.0. The summed E-state index contributed by atoms with van der Waals surface area (Å²) in [6, 6.07) is 15.0. The summed E-state index contributed by atoms with van der Waals surface area (Å²) in [5.74, 6) is -0.605. The van der Waals surface area contributed by atoms with E-state index in [1.54, 1.807) is 0 Å². The molecule has 2 aromatic rings. The molecule has 0 radical (unpaired) electrons. The fourth-order valence-corrected chi connectivity index (χ4v) is 5.80. The number of benzene rings is 2. The molecule has 0 bridgehead atoms. The lowest BCUT2D eigenvalue weighted by molar-refractivity contribution is -0.141. The molecule has 4 N–H and O–H groups in total. The van der Waals surface area contributed by atoms with E-state index < -0.39 is 24.0 Å². The third-order valence-corrected chi connectivity index (χ3v) is 7.51. The van der Waals surface area contributed by atoms with Crippen LogP contribution in [0.15, 0.2) is 48.5 Å². The summed E-state index contributed by atoms with van der Waals surface area (Å²) in [5.41, 5.74) is 8.06. The molecule has 2 aliphatic rings. The van der Waals surface area contributed by atoms with Crippen LogP contribution in [-0.2, 0) is 15.0 Å². The highest BCUT2D eigenvalue weighted by Crippen LogP contribution is 2.51. The molecule has 36 heavy (non-hydrogen) atoms. The first-order valence-electron chi connectivity index (χ1n) is 12.8. The van der Waals surface area contributed by atoms with Crippen LogP contribution in [-0.4, -0.2) is 37.1 Å². The van der Waals surface area contributed by atoms with E-state index in [2.05, 4.69) is 10.6 Å². The summed E-state index contributed by atoms with van der Waals surface area (Å²) in [5, 5.41) is 5.17. The third-order valence-electron chi connectivity index (χ3n) is 7.51. The standard InChI is InChI=1S/C28H34F3N3O2/c29-28(30,31)18-34-26(36)27(23-13-4-2-11-21(23)22-12-3-5-14-24(22)27)15-6-1-7-16-33-25(35)19-9-8-10-20(32)17-19/h2-5,11-14,19-20H,1,6-10,15-18,32H2,(H,33,35)(H,34,36). The molecular weight excluding hydrogens is 467 g/mol. The number of fused-ring (bicyclic) bond motifs is 3. The highest BCUT2D eigenvalue weighted by Gasteiger charge is 2.49. The maximum atomic E-state index is 13.5. The fourth-order valence-electron chi connectivity index (χ4n) is 5.80. The highest BCUT2D eigenvalue weighted by molar-refractivity contribution is 6.00. The van der Waals surface area contributed by atoms with Crippen molar-refractivity contribution in [3.05, 3.63) is 59.7 Å². The van der Waals surface area contributed by atoms with Gasteiger partial charge < -0.3 is 16.4 Å². The molecule has 1 fully saturated rings. The predicted molar refractivity (Wildman–Crippen MR) is 133 cm³/mol. The number of carbonyl (C=O) groups is 2. The second-order valence-electron chi connectivity index (χ2n) is 10.0. The van der Waals surface area contributed by atoms with Gasteiger partial charge in [-0.15, -0.1) is 0 Å². The largest absolute Gasteiger partial charge is 0.405 e. The van der Waals surface area contributed by atoms with Crippen LogP contribution in [0.1, 0.15) is 62.5 Å². The van der Waals surface area contributed by atoms with Gasteiger partial charge in [-0.2, -0.15) is 13.2 Å². The molecule has 0 aromatic heterocycles. The summed E-state index contributed by atoms with van der Waals surface area (Å²) in [4.78, 5) is 25.9. The van der Waals surface area contributed by atoms with Crippen LogP contribution >= 0.6 is 0 Å². The maximum Gasteiger partial charge on any atom is 0.405 e. The lowest BCUT2D eigenvalue weighted by Crippen LogP contribution is -2.47. The Kier molecular flexibility index (Phi) is 8.03. The summed E-state index contributed by atoms with van der Waals surface area (Å²) in [6.45, 7) is -0.834. The van der Waals surface area contributed by atoms with Gasteiger partial charge in [-0.25, -0.2) is 0 Å². The van der Waals surface area contributed by atoms with E-state index in [1.165, 1.54) is 0 Å². The summed E-state index contributed by atoms with van der Waals surface area (Å²) in [6.07, 6.45) is 1.53. The Labute approximate surface area is 210 Å². The maximum absolute atomic E-state index is 13.5. The number of alkyl halides is 3. The van der Waals surface area contributed by atoms with E-state index in [9.17, 15) is 22.8 Å². The van der Waals surface area contributed by atoms with Crippen LogP contribution in [0.3, 0.4) is 0 Å². The van der Waals surface area contributed by atoms with Crippen molar-refractivity contribution in [2.45, 2.75) is 69.0 Å². The molecule has 0 heterocycles. The van der Waals surface area contributed by atoms with Gasteiger partial charge in [0.15, 0.2) is 0 Å². The molecular formula is C28H34F3N3O2. The van der Waals surface area contributed by atoms with Gasteiger partial charge in [0, 0.05) is 18.5 Å². The summed E-state index contributed by atoms with van der Waals surface area (Å²) < 4.78 is 38.9. The van der Waals surface area contributed by atoms with E-state index in [4.69, 9.17) is 5.73 Å². The summed E-state index contributed by atoms with van der Waals surface area (Å²) in [7, 11) is 0. The molecule has 2 amide bonds. The van der Waals surface area contributed by atoms with Gasteiger partial charge >= 0.3 is 6.18 Å². The van der Waals surface area contributed by atoms with Crippen molar-refractivity contribution >= 4 is 11.8 Å². The molecule has 194 valence electrons. The molecule has 0 saturated heterocycles. The second-order valence-corrected chi connectivity index (χ2v) is 10.0. The van der Waals surface area contributed by atoms with E-state index in [0.29, 0.717) is 19.4 Å². The Bertz CT molecular complexity index is 1040.